The minimum Gasteiger partial charge on any atom is -0.447 e. The van der Waals surface area contributed by atoms with Crippen molar-refractivity contribution in [3.05, 3.63) is 75.2 Å². The quantitative estimate of drug-likeness (QED) is 0.401. The summed E-state index contributed by atoms with van der Waals surface area (Å²) in [6, 6.07) is 7.87. The highest BCUT2D eigenvalue weighted by Gasteiger charge is 2.36. The molecule has 38 heavy (non-hydrogen) atoms. The van der Waals surface area contributed by atoms with E-state index in [1.54, 1.807) is 0 Å². The van der Waals surface area contributed by atoms with Gasteiger partial charge in [0.2, 0.25) is 5.91 Å². The van der Waals surface area contributed by atoms with Crippen LogP contribution in [0.5, 0.6) is 0 Å². The van der Waals surface area contributed by atoms with E-state index in [0.29, 0.717) is 9.25 Å². The maximum atomic E-state index is 13.5. The number of hydrogen-bond acceptors (Lipinski definition) is 5. The van der Waals surface area contributed by atoms with E-state index in [-0.39, 0.29) is 10.6 Å². The van der Waals surface area contributed by atoms with Crippen LogP contribution in [0.2, 0.25) is 5.02 Å². The van der Waals surface area contributed by atoms with Crippen molar-refractivity contribution >= 4 is 23.6 Å². The van der Waals surface area contributed by atoms with Crippen LogP contribution in [-0.2, 0) is 28.8 Å². The number of alkyl halides is 6. The number of carbonyl (C=O) groups is 2. The number of ether oxygens (including phenoxy) is 1. The first-order valence-corrected chi connectivity index (χ1v) is 10.9. The lowest BCUT2D eigenvalue weighted by atomic mass is 10.00. The van der Waals surface area contributed by atoms with Crippen LogP contribution in [0.3, 0.4) is 0 Å². The number of benzene rings is 2. The van der Waals surface area contributed by atoms with E-state index in [4.69, 9.17) is 17.3 Å². The van der Waals surface area contributed by atoms with Gasteiger partial charge in [-0.05, 0) is 35.9 Å². The Morgan fingerprint density at radius 2 is 1.68 bits per heavy atom. The van der Waals surface area contributed by atoms with Crippen LogP contribution >= 0.6 is 11.6 Å². The third-order valence-corrected chi connectivity index (χ3v) is 5.28. The lowest BCUT2D eigenvalue weighted by molar-refractivity contribution is -0.141. The van der Waals surface area contributed by atoms with E-state index in [2.05, 4.69) is 15.2 Å². The minimum absolute atomic E-state index is 0.0850. The summed E-state index contributed by atoms with van der Waals surface area (Å²) in [6.07, 6.45) is -11.0. The maximum Gasteiger partial charge on any atom is 0.416 e. The van der Waals surface area contributed by atoms with Gasteiger partial charge in [0.1, 0.15) is 19.7 Å². The first kappa shape index (κ1) is 28.6. The van der Waals surface area contributed by atoms with Crippen molar-refractivity contribution in [1.82, 2.24) is 19.7 Å². The van der Waals surface area contributed by atoms with E-state index >= 15 is 0 Å². The molecule has 2 aromatic carbocycles. The highest BCUT2D eigenvalue weighted by atomic mass is 35.5. The summed E-state index contributed by atoms with van der Waals surface area (Å²) < 4.78 is 85.3. The third kappa shape index (κ3) is 7.27. The molecule has 0 radical (unpaired) electrons. The Balaban J connectivity index is 1.95. The molecule has 3 N–H and O–H groups in total. The van der Waals surface area contributed by atoms with Crippen LogP contribution in [0, 0.1) is 0 Å². The second kappa shape index (κ2) is 11.2. The molecular formula is C22H18ClF6N5O4. The van der Waals surface area contributed by atoms with E-state index < -0.39 is 72.7 Å². The molecule has 0 aliphatic carbocycles. The Bertz CT molecular complexity index is 1370. The molecule has 1 unspecified atom stereocenters. The fourth-order valence-corrected chi connectivity index (χ4v) is 3.61. The fraction of sp³-hybridized carbons (Fsp3) is 0.273. The summed E-state index contributed by atoms with van der Waals surface area (Å²) in [5, 5.41) is 6.27. The van der Waals surface area contributed by atoms with Crippen LogP contribution in [0.25, 0.3) is 11.4 Å². The number of hydrogen-bond donors (Lipinski definition) is 2. The van der Waals surface area contributed by atoms with Crippen LogP contribution in [0.15, 0.2) is 53.3 Å². The molecule has 0 saturated heterocycles. The van der Waals surface area contributed by atoms with Gasteiger partial charge in [-0.15, -0.1) is 5.10 Å². The molecule has 1 aromatic heterocycles. The SMILES string of the molecule is NC(=O)OCC(NC(=O)Cn1nc(-c2ccc(Cl)cc2)n(CC(F)(F)F)c1=O)c1ccccc1C(F)(F)F. The predicted octanol–water partition coefficient (Wildman–Crippen LogP) is 3.90. The molecule has 16 heteroatoms. The van der Waals surface area contributed by atoms with Crippen molar-refractivity contribution in [1.29, 1.82) is 0 Å². The number of nitrogens with two attached hydrogens (primary N) is 1. The standard InChI is InChI=1S/C22H18ClF6N5O4/c23-13-7-5-12(6-8-13)18-32-34(20(37)33(18)11-21(24,25)26)9-17(35)31-16(10-38-19(30)36)14-3-1-2-4-15(14)22(27,28)29/h1-8,16H,9-11H2,(H2,30,36)(H,31,35). The third-order valence-electron chi connectivity index (χ3n) is 5.03. The lowest BCUT2D eigenvalue weighted by Gasteiger charge is -2.22. The van der Waals surface area contributed by atoms with Gasteiger partial charge in [0.25, 0.3) is 0 Å². The van der Waals surface area contributed by atoms with Crippen molar-refractivity contribution in [3.63, 3.8) is 0 Å². The zero-order valence-corrected chi connectivity index (χ0v) is 19.8. The van der Waals surface area contributed by atoms with Crippen LogP contribution in [0.1, 0.15) is 17.2 Å². The van der Waals surface area contributed by atoms with Gasteiger partial charge in [-0.2, -0.15) is 26.3 Å². The molecular weight excluding hydrogens is 548 g/mol. The van der Waals surface area contributed by atoms with E-state index in [1.165, 1.54) is 30.3 Å². The number of carbonyl (C=O) groups excluding carboxylic acids is 2. The summed E-state index contributed by atoms with van der Waals surface area (Å²) in [5.74, 6) is -1.53. The summed E-state index contributed by atoms with van der Waals surface area (Å²) in [5.41, 5.74) is 2.06. The van der Waals surface area contributed by atoms with E-state index in [1.807, 2.05) is 0 Å². The Morgan fingerprint density at radius 3 is 2.26 bits per heavy atom. The van der Waals surface area contributed by atoms with E-state index in [0.717, 1.165) is 18.2 Å². The Kier molecular flexibility index (Phi) is 8.39. The molecule has 0 fully saturated rings. The van der Waals surface area contributed by atoms with Crippen molar-refractivity contribution in [2.24, 2.45) is 5.73 Å². The largest absolute Gasteiger partial charge is 0.447 e. The molecule has 1 atom stereocenters. The average Bonchev–Trinajstić information content (AvgIpc) is 3.10. The number of amides is 2. The Labute approximate surface area is 214 Å². The highest BCUT2D eigenvalue weighted by Crippen LogP contribution is 2.34. The summed E-state index contributed by atoms with van der Waals surface area (Å²) in [7, 11) is 0. The Morgan fingerprint density at radius 1 is 1.05 bits per heavy atom. The van der Waals surface area contributed by atoms with E-state index in [9.17, 15) is 40.7 Å². The molecule has 3 aromatic rings. The molecule has 2 amide bonds. The van der Waals surface area contributed by atoms with Crippen molar-refractivity contribution in [3.8, 4) is 11.4 Å². The lowest BCUT2D eigenvalue weighted by Crippen LogP contribution is -2.39. The smallest absolute Gasteiger partial charge is 0.416 e. The average molecular weight is 566 g/mol. The van der Waals surface area contributed by atoms with Gasteiger partial charge in [-0.25, -0.2) is 14.3 Å². The molecule has 9 nitrogen and oxygen atoms in total. The van der Waals surface area contributed by atoms with Gasteiger partial charge < -0.3 is 15.8 Å². The summed E-state index contributed by atoms with van der Waals surface area (Å²) >= 11 is 5.80. The topological polar surface area (TPSA) is 121 Å². The Hall–Kier alpha value is -4.01. The monoisotopic (exact) mass is 565 g/mol. The van der Waals surface area contributed by atoms with Gasteiger partial charge >= 0.3 is 24.1 Å². The van der Waals surface area contributed by atoms with Crippen LogP contribution < -0.4 is 16.7 Å². The summed E-state index contributed by atoms with van der Waals surface area (Å²) in [4.78, 5) is 36.5. The first-order chi connectivity index (χ1) is 17.7. The van der Waals surface area contributed by atoms with Gasteiger partial charge in [-0.3, -0.25) is 9.36 Å². The molecule has 0 spiro atoms. The number of primary amides is 1. The minimum atomic E-state index is -4.84. The molecule has 0 bridgehead atoms. The maximum absolute atomic E-state index is 13.5. The van der Waals surface area contributed by atoms with Crippen molar-refractivity contribution in [2.75, 3.05) is 6.61 Å². The molecule has 0 aliphatic heterocycles. The molecule has 204 valence electrons. The second-order valence-corrected chi connectivity index (χ2v) is 8.24. The van der Waals surface area contributed by atoms with Gasteiger partial charge in [0, 0.05) is 10.6 Å². The predicted molar refractivity (Wildman–Crippen MR) is 121 cm³/mol. The fourth-order valence-electron chi connectivity index (χ4n) is 3.49. The first-order valence-electron chi connectivity index (χ1n) is 10.5. The molecule has 0 saturated carbocycles. The van der Waals surface area contributed by atoms with Gasteiger partial charge in [0.05, 0.1) is 11.6 Å². The van der Waals surface area contributed by atoms with Crippen LogP contribution in [0.4, 0.5) is 31.1 Å². The number of nitrogens with zero attached hydrogens (tertiary/aromatic N) is 3. The van der Waals surface area contributed by atoms with Crippen LogP contribution in [-0.4, -0.2) is 39.1 Å². The van der Waals surface area contributed by atoms with Gasteiger partial charge in [-0.1, -0.05) is 29.8 Å². The normalized spacial score (nSPS) is 12.7. The summed E-state index contributed by atoms with van der Waals surface area (Å²) in [6.45, 7) is -3.49. The second-order valence-electron chi connectivity index (χ2n) is 7.81. The number of nitrogens with one attached hydrogen (secondary N) is 1. The number of rotatable bonds is 8. The molecule has 3 rings (SSSR count). The highest BCUT2D eigenvalue weighted by molar-refractivity contribution is 6.30. The number of aromatic nitrogens is 3. The number of halogens is 7. The zero-order valence-electron chi connectivity index (χ0n) is 19.0. The van der Waals surface area contributed by atoms with Crippen molar-refractivity contribution < 1.29 is 40.7 Å². The van der Waals surface area contributed by atoms with Crippen molar-refractivity contribution in [2.45, 2.75) is 31.5 Å². The molecule has 0 aliphatic rings. The zero-order chi connectivity index (χ0) is 28.3. The van der Waals surface area contributed by atoms with Gasteiger partial charge in [0.15, 0.2) is 5.82 Å². The molecule has 1 heterocycles.